The number of rotatable bonds is 58. The second kappa shape index (κ2) is 61.7. The minimum absolute atomic E-state index is 0.0778. The summed E-state index contributed by atoms with van der Waals surface area (Å²) < 4.78 is 16.9. The lowest BCUT2D eigenvalue weighted by Gasteiger charge is -2.18. The Morgan fingerprint density at radius 1 is 0.288 bits per heavy atom. The number of allylic oxidation sites excluding steroid dienone is 10. The number of unbranched alkanes of at least 4 members (excludes halogenated alkanes) is 37. The van der Waals surface area contributed by atoms with Crippen LogP contribution < -0.4 is 0 Å². The van der Waals surface area contributed by atoms with Gasteiger partial charge in [-0.3, -0.25) is 14.4 Å². The van der Waals surface area contributed by atoms with E-state index in [9.17, 15) is 14.4 Å². The van der Waals surface area contributed by atoms with Crippen molar-refractivity contribution >= 4 is 17.9 Å². The van der Waals surface area contributed by atoms with Crippen LogP contribution in [0.3, 0.4) is 0 Å². The second-order valence-electron chi connectivity index (χ2n) is 21.3. The Bertz CT molecular complexity index is 1310. The van der Waals surface area contributed by atoms with Gasteiger partial charge in [0.2, 0.25) is 0 Å². The third-order valence-corrected chi connectivity index (χ3v) is 14.0. The van der Waals surface area contributed by atoms with E-state index in [1.807, 2.05) is 0 Å². The first kappa shape index (κ1) is 70.1. The minimum atomic E-state index is -0.782. The summed E-state index contributed by atoms with van der Waals surface area (Å²) in [7, 11) is 0. The average molecular weight is 1020 g/mol. The predicted molar refractivity (Wildman–Crippen MR) is 316 cm³/mol. The molecule has 0 heterocycles. The van der Waals surface area contributed by atoms with Crippen molar-refractivity contribution in [3.8, 4) is 0 Å². The fourth-order valence-corrected chi connectivity index (χ4v) is 9.25. The maximum Gasteiger partial charge on any atom is 0.306 e. The number of ether oxygens (including phenoxy) is 3. The van der Waals surface area contributed by atoms with Crippen LogP contribution in [0.15, 0.2) is 60.8 Å². The van der Waals surface area contributed by atoms with E-state index in [-0.39, 0.29) is 31.1 Å². The molecule has 0 aromatic rings. The highest BCUT2D eigenvalue weighted by Gasteiger charge is 2.19. The third-order valence-electron chi connectivity index (χ3n) is 14.0. The zero-order chi connectivity index (χ0) is 52.9. The van der Waals surface area contributed by atoms with Gasteiger partial charge in [0.25, 0.3) is 0 Å². The van der Waals surface area contributed by atoms with Crippen LogP contribution in [-0.4, -0.2) is 37.2 Å². The van der Waals surface area contributed by atoms with Crippen molar-refractivity contribution in [1.29, 1.82) is 0 Å². The Kier molecular flexibility index (Phi) is 59.2. The SMILES string of the molecule is CC/C=C\C/C=C\C/C=C\CCCCCCCCCC(=O)OC(COC(=O)CCCCCCCCC/C=C\C/C=C\CCCCC)COC(=O)CCCCCCCCCCCCCCCCCCCCCCC. The molecule has 0 radical (unpaired) electrons. The molecular formula is C67H120O6. The van der Waals surface area contributed by atoms with E-state index in [4.69, 9.17) is 14.2 Å². The smallest absolute Gasteiger partial charge is 0.306 e. The highest BCUT2D eigenvalue weighted by Crippen LogP contribution is 2.17. The lowest BCUT2D eigenvalue weighted by Crippen LogP contribution is -2.30. The maximum atomic E-state index is 12.9. The molecule has 0 fully saturated rings. The molecule has 0 aromatic carbocycles. The Hall–Kier alpha value is -2.89. The zero-order valence-corrected chi connectivity index (χ0v) is 48.7. The third kappa shape index (κ3) is 59.9. The number of carbonyl (C=O) groups excluding carboxylic acids is 3. The van der Waals surface area contributed by atoms with E-state index in [2.05, 4.69) is 81.5 Å². The first-order valence-electron chi connectivity index (χ1n) is 31.8. The second-order valence-corrected chi connectivity index (χ2v) is 21.3. The quantitative estimate of drug-likeness (QED) is 0.0261. The molecule has 73 heavy (non-hydrogen) atoms. The van der Waals surface area contributed by atoms with Crippen molar-refractivity contribution in [2.45, 2.75) is 335 Å². The summed E-state index contributed by atoms with van der Waals surface area (Å²) in [5.41, 5.74) is 0. The molecule has 0 spiro atoms. The first-order chi connectivity index (χ1) is 36.0. The van der Waals surface area contributed by atoms with E-state index in [1.54, 1.807) is 0 Å². The van der Waals surface area contributed by atoms with Crippen LogP contribution >= 0.6 is 0 Å². The average Bonchev–Trinajstić information content (AvgIpc) is 3.39. The molecule has 0 aliphatic carbocycles. The fourth-order valence-electron chi connectivity index (χ4n) is 9.25. The van der Waals surface area contributed by atoms with Gasteiger partial charge in [0, 0.05) is 19.3 Å². The van der Waals surface area contributed by atoms with Gasteiger partial charge in [0.15, 0.2) is 6.10 Å². The molecule has 0 rings (SSSR count). The molecule has 0 bridgehead atoms. The standard InChI is InChI=1S/C67H120O6/c1-4-7-10-13-16-19-22-25-28-31-32-33-34-37-39-42-45-48-51-54-57-60-66(69)72-63-64(73-67(70)61-58-55-52-49-46-43-40-36-30-27-24-21-18-15-12-9-6-3)62-71-65(68)59-56-53-50-47-44-41-38-35-29-26-23-20-17-14-11-8-5-2/h9,12,17-18,20-21,26-27,29-30,64H,4-8,10-11,13-16,19,22-25,28,31-63H2,1-3H3/b12-9-,20-17-,21-18-,29-26-,30-27-. The minimum Gasteiger partial charge on any atom is -0.462 e. The van der Waals surface area contributed by atoms with Crippen molar-refractivity contribution in [2.75, 3.05) is 13.2 Å². The lowest BCUT2D eigenvalue weighted by atomic mass is 10.0. The summed E-state index contributed by atoms with van der Waals surface area (Å²) >= 11 is 0. The number of hydrogen-bond donors (Lipinski definition) is 0. The van der Waals surface area contributed by atoms with Gasteiger partial charge >= 0.3 is 17.9 Å². The lowest BCUT2D eigenvalue weighted by molar-refractivity contribution is -0.167. The summed E-state index contributed by atoms with van der Waals surface area (Å²) in [5.74, 6) is -0.877. The normalized spacial score (nSPS) is 12.4. The summed E-state index contributed by atoms with van der Waals surface area (Å²) in [5, 5.41) is 0. The highest BCUT2D eigenvalue weighted by molar-refractivity contribution is 5.71. The van der Waals surface area contributed by atoms with E-state index >= 15 is 0 Å². The monoisotopic (exact) mass is 1020 g/mol. The molecule has 1 unspecified atom stereocenters. The van der Waals surface area contributed by atoms with Gasteiger partial charge in [-0.25, -0.2) is 0 Å². The topological polar surface area (TPSA) is 78.9 Å². The molecular weight excluding hydrogens is 901 g/mol. The summed E-state index contributed by atoms with van der Waals surface area (Å²) in [6.45, 7) is 6.54. The molecule has 0 amide bonds. The summed E-state index contributed by atoms with van der Waals surface area (Å²) in [6.07, 6.45) is 77.9. The predicted octanol–water partition coefficient (Wildman–Crippen LogP) is 21.6. The van der Waals surface area contributed by atoms with Gasteiger partial charge in [-0.05, 0) is 83.5 Å². The Morgan fingerprint density at radius 2 is 0.534 bits per heavy atom. The largest absolute Gasteiger partial charge is 0.462 e. The van der Waals surface area contributed by atoms with Crippen molar-refractivity contribution in [3.63, 3.8) is 0 Å². The fraction of sp³-hybridized carbons (Fsp3) is 0.806. The zero-order valence-electron chi connectivity index (χ0n) is 48.7. The molecule has 0 aliphatic heterocycles. The molecule has 6 heteroatoms. The van der Waals surface area contributed by atoms with E-state index in [1.165, 1.54) is 193 Å². The van der Waals surface area contributed by atoms with Crippen LogP contribution in [0, 0.1) is 0 Å². The Balaban J connectivity index is 4.35. The van der Waals surface area contributed by atoms with Crippen LogP contribution in [0.5, 0.6) is 0 Å². The highest BCUT2D eigenvalue weighted by atomic mass is 16.6. The number of carbonyl (C=O) groups is 3. The van der Waals surface area contributed by atoms with Crippen LogP contribution in [-0.2, 0) is 28.6 Å². The summed E-state index contributed by atoms with van der Waals surface area (Å²) in [4.78, 5) is 38.3. The first-order valence-corrected chi connectivity index (χ1v) is 31.8. The number of hydrogen-bond acceptors (Lipinski definition) is 6. The van der Waals surface area contributed by atoms with Gasteiger partial charge in [-0.1, -0.05) is 287 Å². The van der Waals surface area contributed by atoms with Crippen molar-refractivity contribution in [1.82, 2.24) is 0 Å². The van der Waals surface area contributed by atoms with Crippen LogP contribution in [0.4, 0.5) is 0 Å². The molecule has 0 saturated heterocycles. The van der Waals surface area contributed by atoms with Gasteiger partial charge in [-0.2, -0.15) is 0 Å². The van der Waals surface area contributed by atoms with E-state index in [0.717, 1.165) is 96.3 Å². The van der Waals surface area contributed by atoms with Crippen LogP contribution in [0.2, 0.25) is 0 Å². The summed E-state index contributed by atoms with van der Waals surface area (Å²) in [6, 6.07) is 0. The number of esters is 3. The molecule has 0 N–H and O–H groups in total. The van der Waals surface area contributed by atoms with Crippen molar-refractivity contribution < 1.29 is 28.6 Å². The van der Waals surface area contributed by atoms with Gasteiger partial charge in [-0.15, -0.1) is 0 Å². The Morgan fingerprint density at radius 3 is 0.863 bits per heavy atom. The molecule has 424 valence electrons. The Labute approximate surface area is 453 Å². The van der Waals surface area contributed by atoms with E-state index < -0.39 is 6.10 Å². The van der Waals surface area contributed by atoms with Gasteiger partial charge in [0.1, 0.15) is 13.2 Å². The van der Waals surface area contributed by atoms with E-state index in [0.29, 0.717) is 19.3 Å². The van der Waals surface area contributed by atoms with Crippen molar-refractivity contribution in [3.05, 3.63) is 60.8 Å². The molecule has 0 saturated carbocycles. The molecule has 1 atom stereocenters. The van der Waals surface area contributed by atoms with Crippen LogP contribution in [0.1, 0.15) is 329 Å². The molecule has 0 aliphatic rings. The molecule has 0 aromatic heterocycles. The maximum absolute atomic E-state index is 12.9. The van der Waals surface area contributed by atoms with Gasteiger partial charge in [0.05, 0.1) is 0 Å². The van der Waals surface area contributed by atoms with Crippen LogP contribution in [0.25, 0.3) is 0 Å². The molecule has 6 nitrogen and oxygen atoms in total. The van der Waals surface area contributed by atoms with Crippen molar-refractivity contribution in [2.24, 2.45) is 0 Å². The van der Waals surface area contributed by atoms with Gasteiger partial charge < -0.3 is 14.2 Å².